The zero-order chi connectivity index (χ0) is 20.6. The summed E-state index contributed by atoms with van der Waals surface area (Å²) in [4.78, 5) is 31.4. The molecule has 0 spiro atoms. The van der Waals surface area contributed by atoms with E-state index in [9.17, 15) is 9.59 Å². The van der Waals surface area contributed by atoms with Gasteiger partial charge >= 0.3 is 0 Å². The molecule has 1 aromatic carbocycles. The third-order valence-corrected chi connectivity index (χ3v) is 4.28. The van der Waals surface area contributed by atoms with E-state index >= 15 is 0 Å². The molecule has 0 saturated carbocycles. The van der Waals surface area contributed by atoms with Crippen molar-refractivity contribution in [1.29, 1.82) is 0 Å². The minimum Gasteiger partial charge on any atom is -0.457 e. The number of aromatic nitrogens is 2. The van der Waals surface area contributed by atoms with Crippen molar-refractivity contribution in [3.8, 4) is 11.3 Å². The molecule has 0 aliphatic rings. The van der Waals surface area contributed by atoms with Crippen LogP contribution in [0.3, 0.4) is 0 Å². The number of hydrogen-bond donors (Lipinski definition) is 2. The number of carbonyl (C=O) groups is 2. The van der Waals surface area contributed by atoms with E-state index in [1.165, 1.54) is 24.7 Å². The lowest BCUT2D eigenvalue weighted by atomic mass is 10.2. The molecule has 0 unspecified atom stereocenters. The minimum absolute atomic E-state index is 0.216. The SMILES string of the molecule is O=C(C=Cc1ccc(-c2ccc(Cl)cc2Cl)o1)NCCNC(=O)c1cnccn1. The Labute approximate surface area is 176 Å². The molecule has 0 bridgehead atoms. The third-order valence-electron chi connectivity index (χ3n) is 3.73. The van der Waals surface area contributed by atoms with E-state index < -0.39 is 0 Å². The lowest BCUT2D eigenvalue weighted by molar-refractivity contribution is -0.116. The molecular weight excluding hydrogens is 415 g/mol. The Hall–Kier alpha value is -3.16. The molecule has 0 atom stereocenters. The van der Waals surface area contributed by atoms with Gasteiger partial charge in [0.2, 0.25) is 5.91 Å². The van der Waals surface area contributed by atoms with Gasteiger partial charge in [-0.15, -0.1) is 0 Å². The zero-order valence-corrected chi connectivity index (χ0v) is 16.6. The van der Waals surface area contributed by atoms with Gasteiger partial charge in [-0.25, -0.2) is 4.98 Å². The monoisotopic (exact) mass is 430 g/mol. The first-order valence-electron chi connectivity index (χ1n) is 8.58. The molecule has 2 amide bonds. The lowest BCUT2D eigenvalue weighted by Gasteiger charge is -2.04. The van der Waals surface area contributed by atoms with Crippen molar-refractivity contribution in [2.75, 3.05) is 13.1 Å². The van der Waals surface area contributed by atoms with Gasteiger partial charge in [0.15, 0.2) is 0 Å². The normalized spacial score (nSPS) is 10.8. The van der Waals surface area contributed by atoms with E-state index in [-0.39, 0.29) is 30.6 Å². The summed E-state index contributed by atoms with van der Waals surface area (Å²) in [6.45, 7) is 0.522. The molecule has 3 rings (SSSR count). The molecular formula is C20H16Cl2N4O3. The molecule has 148 valence electrons. The van der Waals surface area contributed by atoms with E-state index in [1.54, 1.807) is 36.4 Å². The van der Waals surface area contributed by atoms with Gasteiger partial charge in [0, 0.05) is 42.1 Å². The highest BCUT2D eigenvalue weighted by molar-refractivity contribution is 6.36. The second-order valence-electron chi connectivity index (χ2n) is 5.80. The van der Waals surface area contributed by atoms with Crippen LogP contribution >= 0.6 is 23.2 Å². The van der Waals surface area contributed by atoms with Crippen LogP contribution in [0.5, 0.6) is 0 Å². The summed E-state index contributed by atoms with van der Waals surface area (Å²) in [7, 11) is 0. The Morgan fingerprint density at radius 2 is 1.90 bits per heavy atom. The molecule has 29 heavy (non-hydrogen) atoms. The van der Waals surface area contributed by atoms with Gasteiger partial charge in [-0.3, -0.25) is 14.6 Å². The summed E-state index contributed by atoms with van der Waals surface area (Å²) >= 11 is 12.1. The molecule has 0 radical (unpaired) electrons. The number of halogens is 2. The Morgan fingerprint density at radius 1 is 1.07 bits per heavy atom. The zero-order valence-electron chi connectivity index (χ0n) is 15.1. The van der Waals surface area contributed by atoms with E-state index in [4.69, 9.17) is 27.6 Å². The number of nitrogens with zero attached hydrogens (tertiary/aromatic N) is 2. The van der Waals surface area contributed by atoms with Crippen molar-refractivity contribution in [2.24, 2.45) is 0 Å². The molecule has 0 fully saturated rings. The van der Waals surface area contributed by atoms with E-state index in [1.807, 2.05) is 0 Å². The van der Waals surface area contributed by atoms with Crippen LogP contribution in [0.1, 0.15) is 16.2 Å². The molecule has 2 aromatic heterocycles. The molecule has 0 saturated heterocycles. The molecule has 0 aliphatic carbocycles. The van der Waals surface area contributed by atoms with E-state index in [2.05, 4.69) is 20.6 Å². The second kappa shape index (κ2) is 9.86. The Morgan fingerprint density at radius 3 is 2.66 bits per heavy atom. The topological polar surface area (TPSA) is 97.1 Å². The van der Waals surface area contributed by atoms with Crippen molar-refractivity contribution in [1.82, 2.24) is 20.6 Å². The van der Waals surface area contributed by atoms with Crippen LogP contribution in [0.25, 0.3) is 17.4 Å². The summed E-state index contributed by atoms with van der Waals surface area (Å²) in [5.41, 5.74) is 0.923. The first kappa shape index (κ1) is 20.6. The van der Waals surface area contributed by atoms with Crippen LogP contribution in [0.15, 0.2) is 59.4 Å². The van der Waals surface area contributed by atoms with Crippen LogP contribution in [-0.2, 0) is 4.79 Å². The standard InChI is InChI=1S/C20H16Cl2N4O3/c21-13-1-4-15(16(22)11-13)18-5-2-14(29-18)3-6-19(27)25-9-10-26-20(28)17-12-23-7-8-24-17/h1-8,11-12H,9-10H2,(H,25,27)(H,26,28). The van der Waals surface area contributed by atoms with E-state index in [0.29, 0.717) is 27.1 Å². The Bertz CT molecular complexity index is 1040. The van der Waals surface area contributed by atoms with Gasteiger partial charge in [0.05, 0.1) is 11.2 Å². The predicted octanol–water partition coefficient (Wildman–Crippen LogP) is 3.60. The van der Waals surface area contributed by atoms with Crippen molar-refractivity contribution in [2.45, 2.75) is 0 Å². The Kier molecular flexibility index (Phi) is 6.99. The lowest BCUT2D eigenvalue weighted by Crippen LogP contribution is -2.34. The van der Waals surface area contributed by atoms with Gasteiger partial charge in [-0.1, -0.05) is 23.2 Å². The molecule has 3 aromatic rings. The quantitative estimate of drug-likeness (QED) is 0.440. The van der Waals surface area contributed by atoms with Gasteiger partial charge in [0.25, 0.3) is 5.91 Å². The number of rotatable bonds is 7. The van der Waals surface area contributed by atoms with Crippen LogP contribution in [0.4, 0.5) is 0 Å². The van der Waals surface area contributed by atoms with Crippen molar-refractivity contribution < 1.29 is 14.0 Å². The largest absolute Gasteiger partial charge is 0.457 e. The predicted molar refractivity (Wildman–Crippen MR) is 111 cm³/mol. The van der Waals surface area contributed by atoms with Crippen molar-refractivity contribution >= 4 is 41.1 Å². The number of nitrogens with one attached hydrogen (secondary N) is 2. The average Bonchev–Trinajstić information content (AvgIpc) is 3.19. The number of amides is 2. The molecule has 2 N–H and O–H groups in total. The highest BCUT2D eigenvalue weighted by Gasteiger charge is 2.09. The smallest absolute Gasteiger partial charge is 0.271 e. The van der Waals surface area contributed by atoms with Crippen molar-refractivity contribution in [3.05, 3.63) is 76.5 Å². The average molecular weight is 431 g/mol. The number of carbonyl (C=O) groups excluding carboxylic acids is 2. The first-order chi connectivity index (χ1) is 14.0. The van der Waals surface area contributed by atoms with Gasteiger partial charge in [-0.05, 0) is 36.4 Å². The molecule has 2 heterocycles. The van der Waals surface area contributed by atoms with Gasteiger partial charge < -0.3 is 15.1 Å². The number of benzene rings is 1. The summed E-state index contributed by atoms with van der Waals surface area (Å²) in [6.07, 6.45) is 7.17. The minimum atomic E-state index is -0.355. The summed E-state index contributed by atoms with van der Waals surface area (Å²) in [6, 6.07) is 8.60. The molecule has 7 nitrogen and oxygen atoms in total. The van der Waals surface area contributed by atoms with Crippen LogP contribution in [-0.4, -0.2) is 34.9 Å². The highest BCUT2D eigenvalue weighted by atomic mass is 35.5. The summed E-state index contributed by atoms with van der Waals surface area (Å²) in [5, 5.41) is 6.31. The fourth-order valence-corrected chi connectivity index (χ4v) is 2.86. The molecule has 0 aliphatic heterocycles. The maximum Gasteiger partial charge on any atom is 0.271 e. The van der Waals surface area contributed by atoms with Crippen molar-refractivity contribution in [3.63, 3.8) is 0 Å². The van der Waals surface area contributed by atoms with Crippen LogP contribution < -0.4 is 10.6 Å². The number of hydrogen-bond acceptors (Lipinski definition) is 5. The summed E-state index contributed by atoms with van der Waals surface area (Å²) in [5.74, 6) is 0.392. The van der Waals surface area contributed by atoms with Crippen LogP contribution in [0.2, 0.25) is 10.0 Å². The van der Waals surface area contributed by atoms with Gasteiger partial charge in [-0.2, -0.15) is 0 Å². The fraction of sp³-hybridized carbons (Fsp3) is 0.100. The molecule has 9 heteroatoms. The van der Waals surface area contributed by atoms with Crippen LogP contribution in [0, 0.1) is 0 Å². The highest BCUT2D eigenvalue weighted by Crippen LogP contribution is 2.31. The third kappa shape index (κ3) is 5.91. The second-order valence-corrected chi connectivity index (χ2v) is 6.64. The first-order valence-corrected chi connectivity index (χ1v) is 9.34. The Balaban J connectivity index is 1.46. The summed E-state index contributed by atoms with van der Waals surface area (Å²) < 4.78 is 5.68. The fourth-order valence-electron chi connectivity index (χ4n) is 2.36. The van der Waals surface area contributed by atoms with E-state index in [0.717, 1.165) is 0 Å². The maximum atomic E-state index is 11.9. The number of furan rings is 1. The maximum absolute atomic E-state index is 11.9. The van der Waals surface area contributed by atoms with Gasteiger partial charge in [0.1, 0.15) is 17.2 Å².